The third-order valence-electron chi connectivity index (χ3n) is 9.00. The van der Waals surface area contributed by atoms with E-state index in [2.05, 4.69) is 26.0 Å². The quantitative estimate of drug-likeness (QED) is 0.623. The Labute approximate surface area is 173 Å². The van der Waals surface area contributed by atoms with E-state index in [-0.39, 0.29) is 23.5 Å². The number of carbonyl (C=O) groups excluding carboxylic acids is 2. The molecule has 3 fully saturated rings. The Morgan fingerprint density at radius 3 is 2.69 bits per heavy atom. The third kappa shape index (κ3) is 2.85. The molecule has 156 valence electrons. The van der Waals surface area contributed by atoms with Gasteiger partial charge in [-0.25, -0.2) is 4.79 Å². The highest BCUT2D eigenvalue weighted by Crippen LogP contribution is 2.65. The molecule has 29 heavy (non-hydrogen) atoms. The van der Waals surface area contributed by atoms with Crippen molar-refractivity contribution in [1.29, 1.82) is 0 Å². The van der Waals surface area contributed by atoms with Gasteiger partial charge in [0.2, 0.25) is 0 Å². The second-order valence-electron chi connectivity index (χ2n) is 10.3. The van der Waals surface area contributed by atoms with Crippen molar-refractivity contribution in [3.8, 4) is 0 Å². The summed E-state index contributed by atoms with van der Waals surface area (Å²) >= 11 is 0. The molecular weight excluding hydrogens is 364 g/mol. The number of esters is 2. The van der Waals surface area contributed by atoms with Crippen molar-refractivity contribution in [2.24, 2.45) is 28.6 Å². The lowest BCUT2D eigenvalue weighted by atomic mass is 9.46. The fourth-order valence-corrected chi connectivity index (χ4v) is 7.55. The molecule has 1 heterocycles. The standard InChI is InChI=1S/C25H32O4/c1-15(26)29-18-8-10-24(2)17(13-18)4-5-19-21-7-6-20(16-12-23(27)28-14-16)25(21,3)11-9-22(19)24/h6-7,12,17-19,22H,4-5,8-11,13-14H2,1-3H3. The summed E-state index contributed by atoms with van der Waals surface area (Å²) in [5.41, 5.74) is 4.37. The molecule has 0 saturated heterocycles. The van der Waals surface area contributed by atoms with Crippen LogP contribution in [0.5, 0.6) is 0 Å². The van der Waals surface area contributed by atoms with Gasteiger partial charge in [0.1, 0.15) is 12.7 Å². The van der Waals surface area contributed by atoms with Gasteiger partial charge in [-0.3, -0.25) is 4.79 Å². The lowest BCUT2D eigenvalue weighted by Gasteiger charge is -2.59. The van der Waals surface area contributed by atoms with Crippen LogP contribution in [-0.2, 0) is 19.1 Å². The fourth-order valence-electron chi connectivity index (χ4n) is 7.55. The van der Waals surface area contributed by atoms with E-state index in [1.54, 1.807) is 11.6 Å². The van der Waals surface area contributed by atoms with Gasteiger partial charge in [-0.2, -0.15) is 0 Å². The Kier molecular flexibility index (Phi) is 4.34. The lowest BCUT2D eigenvalue weighted by Crippen LogP contribution is -2.51. The van der Waals surface area contributed by atoms with Crippen LogP contribution >= 0.6 is 0 Å². The van der Waals surface area contributed by atoms with E-state index in [9.17, 15) is 9.59 Å². The first kappa shape index (κ1) is 19.1. The molecule has 0 aromatic carbocycles. The van der Waals surface area contributed by atoms with E-state index in [1.807, 2.05) is 0 Å². The Bertz CT molecular complexity index is 849. The first-order valence-corrected chi connectivity index (χ1v) is 11.3. The maximum atomic E-state index is 11.6. The van der Waals surface area contributed by atoms with E-state index in [0.717, 1.165) is 31.3 Å². The minimum atomic E-state index is -0.204. The number of rotatable bonds is 2. The fraction of sp³-hybridized carbons (Fsp3) is 0.680. The second kappa shape index (κ2) is 6.58. The van der Waals surface area contributed by atoms with Crippen LogP contribution in [0.25, 0.3) is 0 Å². The van der Waals surface area contributed by atoms with Crippen LogP contribution in [0, 0.1) is 28.6 Å². The number of fused-ring (bicyclic) bond motifs is 5. The molecule has 6 unspecified atom stereocenters. The highest BCUT2D eigenvalue weighted by atomic mass is 16.5. The predicted molar refractivity (Wildman–Crippen MR) is 110 cm³/mol. The van der Waals surface area contributed by atoms with Crippen LogP contribution < -0.4 is 0 Å². The molecule has 0 aromatic rings. The van der Waals surface area contributed by atoms with Crippen molar-refractivity contribution >= 4 is 11.9 Å². The Morgan fingerprint density at radius 1 is 1.14 bits per heavy atom. The van der Waals surface area contributed by atoms with E-state index >= 15 is 0 Å². The summed E-state index contributed by atoms with van der Waals surface area (Å²) < 4.78 is 10.8. The molecule has 5 aliphatic rings. The number of ether oxygens (including phenoxy) is 2. The average Bonchev–Trinajstić information content (AvgIpc) is 3.24. The summed E-state index contributed by atoms with van der Waals surface area (Å²) in [5, 5.41) is 0. The van der Waals surface area contributed by atoms with Gasteiger partial charge in [-0.1, -0.05) is 31.6 Å². The first-order valence-electron chi connectivity index (χ1n) is 11.3. The largest absolute Gasteiger partial charge is 0.463 e. The van der Waals surface area contributed by atoms with Crippen LogP contribution in [0.3, 0.4) is 0 Å². The molecule has 0 aromatic heterocycles. The van der Waals surface area contributed by atoms with E-state index < -0.39 is 0 Å². The molecule has 5 rings (SSSR count). The van der Waals surface area contributed by atoms with E-state index in [0.29, 0.717) is 29.8 Å². The van der Waals surface area contributed by atoms with E-state index in [1.165, 1.54) is 31.8 Å². The zero-order valence-corrected chi connectivity index (χ0v) is 17.8. The summed E-state index contributed by atoms with van der Waals surface area (Å²) in [7, 11) is 0. The van der Waals surface area contributed by atoms with Gasteiger partial charge in [-0.15, -0.1) is 0 Å². The van der Waals surface area contributed by atoms with Crippen molar-refractivity contribution < 1.29 is 19.1 Å². The van der Waals surface area contributed by atoms with Gasteiger partial charge in [0, 0.05) is 24.0 Å². The average molecular weight is 397 g/mol. The van der Waals surface area contributed by atoms with Gasteiger partial charge in [0.05, 0.1) is 0 Å². The van der Waals surface area contributed by atoms with Crippen LogP contribution in [-0.4, -0.2) is 24.6 Å². The lowest BCUT2D eigenvalue weighted by molar-refractivity contribution is -0.154. The summed E-state index contributed by atoms with van der Waals surface area (Å²) in [6, 6.07) is 0. The normalized spacial score (nSPS) is 43.3. The smallest absolute Gasteiger partial charge is 0.331 e. The molecule has 0 N–H and O–H groups in total. The predicted octanol–water partition coefficient (Wildman–Crippen LogP) is 4.90. The molecule has 0 amide bonds. The Morgan fingerprint density at radius 2 is 1.97 bits per heavy atom. The molecular formula is C25H32O4. The molecule has 4 nitrogen and oxygen atoms in total. The monoisotopic (exact) mass is 396 g/mol. The molecule has 0 radical (unpaired) electrons. The molecule has 4 aliphatic carbocycles. The van der Waals surface area contributed by atoms with Gasteiger partial charge < -0.3 is 9.47 Å². The topological polar surface area (TPSA) is 52.6 Å². The highest BCUT2D eigenvalue weighted by Gasteiger charge is 2.57. The number of hydrogen-bond acceptors (Lipinski definition) is 4. The van der Waals surface area contributed by atoms with E-state index in [4.69, 9.17) is 9.47 Å². The first-order chi connectivity index (χ1) is 13.8. The number of allylic oxidation sites excluding steroid dienone is 3. The van der Waals surface area contributed by atoms with Crippen molar-refractivity contribution in [2.45, 2.75) is 71.8 Å². The van der Waals surface area contributed by atoms with Crippen LogP contribution in [0.4, 0.5) is 0 Å². The summed E-state index contributed by atoms with van der Waals surface area (Å²) in [6.45, 7) is 6.84. The molecule has 4 heteroatoms. The maximum absolute atomic E-state index is 11.6. The highest BCUT2D eigenvalue weighted by molar-refractivity contribution is 5.87. The zero-order chi connectivity index (χ0) is 20.4. The Balaban J connectivity index is 1.37. The summed E-state index contributed by atoms with van der Waals surface area (Å²) in [6.07, 6.45) is 14.5. The zero-order valence-electron chi connectivity index (χ0n) is 17.8. The minimum absolute atomic E-state index is 0.0547. The minimum Gasteiger partial charge on any atom is -0.463 e. The Hall–Kier alpha value is -1.84. The second-order valence-corrected chi connectivity index (χ2v) is 10.3. The summed E-state index contributed by atoms with van der Waals surface area (Å²) in [5.74, 6) is 1.65. The van der Waals surface area contributed by atoms with Gasteiger partial charge in [0.15, 0.2) is 0 Å². The van der Waals surface area contributed by atoms with Gasteiger partial charge >= 0.3 is 11.9 Å². The van der Waals surface area contributed by atoms with Crippen molar-refractivity contribution in [2.75, 3.05) is 6.61 Å². The molecule has 0 spiro atoms. The van der Waals surface area contributed by atoms with Gasteiger partial charge in [0.25, 0.3) is 0 Å². The SMILES string of the molecule is CC(=O)OC1CCC2(C)C(CCC3C4=CC=C(C5=CC(=O)OC5)C4(C)CCC32)C1. The number of hydrogen-bond donors (Lipinski definition) is 0. The van der Waals surface area contributed by atoms with Crippen molar-refractivity contribution in [3.63, 3.8) is 0 Å². The van der Waals surface area contributed by atoms with Crippen LogP contribution in [0.2, 0.25) is 0 Å². The van der Waals surface area contributed by atoms with Crippen molar-refractivity contribution in [1.82, 2.24) is 0 Å². The number of cyclic esters (lactones) is 1. The van der Waals surface area contributed by atoms with Gasteiger partial charge in [-0.05, 0) is 73.7 Å². The third-order valence-corrected chi connectivity index (χ3v) is 9.00. The number of carbonyl (C=O) groups is 2. The van der Waals surface area contributed by atoms with Crippen LogP contribution in [0.15, 0.2) is 34.9 Å². The molecule has 6 atom stereocenters. The van der Waals surface area contributed by atoms with Crippen molar-refractivity contribution in [3.05, 3.63) is 34.9 Å². The molecule has 0 bridgehead atoms. The summed E-state index contributed by atoms with van der Waals surface area (Å²) in [4.78, 5) is 23.1. The molecule has 1 aliphatic heterocycles. The van der Waals surface area contributed by atoms with Crippen LogP contribution in [0.1, 0.15) is 65.7 Å². The maximum Gasteiger partial charge on any atom is 0.331 e. The molecule has 3 saturated carbocycles.